The summed E-state index contributed by atoms with van der Waals surface area (Å²) in [6.07, 6.45) is 1.96. The third-order valence-electron chi connectivity index (χ3n) is 4.20. The highest BCUT2D eigenvalue weighted by Crippen LogP contribution is 2.24. The minimum Gasteiger partial charge on any atom is -0.345 e. The van der Waals surface area contributed by atoms with Gasteiger partial charge in [0, 0.05) is 27.7 Å². The normalized spacial score (nSPS) is 11.8. The highest BCUT2D eigenvalue weighted by atomic mass is 32.2. The highest BCUT2D eigenvalue weighted by Gasteiger charge is 2.21. The van der Waals surface area contributed by atoms with Crippen LogP contribution in [0.15, 0.2) is 52.7 Å². The first-order valence-corrected chi connectivity index (χ1v) is 10.9. The molecule has 2 aromatic heterocycles. The van der Waals surface area contributed by atoms with Gasteiger partial charge in [0.2, 0.25) is 0 Å². The molecule has 0 unspecified atom stereocenters. The minimum absolute atomic E-state index is 0.162. The van der Waals surface area contributed by atoms with E-state index in [9.17, 15) is 9.59 Å². The van der Waals surface area contributed by atoms with E-state index >= 15 is 0 Å². The fourth-order valence-electron chi connectivity index (χ4n) is 2.91. The molecule has 2 heterocycles. The molecule has 2 N–H and O–H groups in total. The summed E-state index contributed by atoms with van der Waals surface area (Å²) in [7, 11) is 0. The number of nitrogens with zero attached hydrogens (tertiary/aromatic N) is 2. The van der Waals surface area contributed by atoms with Crippen LogP contribution in [0.1, 0.15) is 22.3 Å². The van der Waals surface area contributed by atoms with Crippen molar-refractivity contribution in [3.05, 3.63) is 64.1 Å². The molecule has 0 saturated carbocycles. The number of thioether (sulfide) groups is 1. The fourth-order valence-corrected chi connectivity index (χ4v) is 4.18. The number of benzene rings is 1. The monoisotopic (exact) mass is 414 g/mol. The van der Waals surface area contributed by atoms with Crippen molar-refractivity contribution in [2.45, 2.75) is 24.8 Å². The number of carbonyl (C=O) groups excluding carboxylic acids is 2. The summed E-state index contributed by atoms with van der Waals surface area (Å²) in [6.45, 7) is 4.19. The van der Waals surface area contributed by atoms with E-state index in [-0.39, 0.29) is 12.6 Å². The molecule has 0 fully saturated rings. The zero-order valence-electron chi connectivity index (χ0n) is 15.9. The van der Waals surface area contributed by atoms with Crippen molar-refractivity contribution >= 4 is 40.6 Å². The number of amides is 2. The third kappa shape index (κ3) is 4.82. The van der Waals surface area contributed by atoms with Gasteiger partial charge in [0.05, 0.1) is 5.69 Å². The molecule has 6 nitrogen and oxygen atoms in total. The first-order valence-electron chi connectivity index (χ1n) is 8.77. The van der Waals surface area contributed by atoms with Crippen LogP contribution in [0.5, 0.6) is 0 Å². The van der Waals surface area contributed by atoms with Crippen LogP contribution < -0.4 is 10.6 Å². The second-order valence-corrected chi connectivity index (χ2v) is 8.16. The maximum atomic E-state index is 12.3. The predicted molar refractivity (Wildman–Crippen MR) is 114 cm³/mol. The Morgan fingerprint density at radius 1 is 1.18 bits per heavy atom. The van der Waals surface area contributed by atoms with E-state index in [2.05, 4.69) is 15.7 Å². The van der Waals surface area contributed by atoms with Gasteiger partial charge >= 0.3 is 11.8 Å². The van der Waals surface area contributed by atoms with Gasteiger partial charge in [-0.3, -0.25) is 14.3 Å². The predicted octanol–water partition coefficient (Wildman–Crippen LogP) is 3.63. The second kappa shape index (κ2) is 9.07. The summed E-state index contributed by atoms with van der Waals surface area (Å²) in [5, 5.41) is 11.9. The van der Waals surface area contributed by atoms with E-state index in [0.29, 0.717) is 5.69 Å². The molecule has 1 atom stereocenters. The molecule has 0 aliphatic rings. The number of anilines is 1. The van der Waals surface area contributed by atoms with Crippen molar-refractivity contribution in [1.29, 1.82) is 0 Å². The van der Waals surface area contributed by atoms with Crippen LogP contribution in [0, 0.1) is 13.8 Å². The number of aromatic nitrogens is 2. The van der Waals surface area contributed by atoms with Crippen LogP contribution in [0.4, 0.5) is 5.69 Å². The summed E-state index contributed by atoms with van der Waals surface area (Å²) >= 11 is 3.17. The average molecular weight is 415 g/mol. The molecular weight excluding hydrogens is 392 g/mol. The van der Waals surface area contributed by atoms with E-state index in [0.717, 1.165) is 21.2 Å². The van der Waals surface area contributed by atoms with Crippen LogP contribution in [0.25, 0.3) is 0 Å². The molecule has 0 saturated heterocycles. The summed E-state index contributed by atoms with van der Waals surface area (Å²) in [5.74, 6) is -1.35. The molecule has 8 heteroatoms. The van der Waals surface area contributed by atoms with E-state index in [1.807, 2.05) is 66.6 Å². The summed E-state index contributed by atoms with van der Waals surface area (Å²) in [6, 6.07) is 13.2. The van der Waals surface area contributed by atoms with Gasteiger partial charge in [0.25, 0.3) is 0 Å². The van der Waals surface area contributed by atoms with Crippen LogP contribution in [0.3, 0.4) is 0 Å². The number of carbonyl (C=O) groups is 2. The highest BCUT2D eigenvalue weighted by molar-refractivity contribution is 7.98. The minimum atomic E-state index is -0.684. The lowest BCUT2D eigenvalue weighted by molar-refractivity contribution is -0.136. The maximum absolute atomic E-state index is 12.3. The van der Waals surface area contributed by atoms with E-state index in [1.54, 1.807) is 29.2 Å². The molecule has 0 spiro atoms. The number of thiophene rings is 1. The Labute approximate surface area is 172 Å². The molecule has 0 aliphatic carbocycles. The Morgan fingerprint density at radius 2 is 2.00 bits per heavy atom. The Balaban J connectivity index is 1.68. The second-order valence-electron chi connectivity index (χ2n) is 6.30. The van der Waals surface area contributed by atoms with Gasteiger partial charge in [-0.2, -0.15) is 5.10 Å². The number of aryl methyl sites for hydroxylation is 2. The van der Waals surface area contributed by atoms with Crippen LogP contribution in [0.2, 0.25) is 0 Å². The van der Waals surface area contributed by atoms with E-state index in [4.69, 9.17) is 0 Å². The van der Waals surface area contributed by atoms with Gasteiger partial charge in [-0.15, -0.1) is 23.1 Å². The van der Waals surface area contributed by atoms with Gasteiger partial charge in [-0.05, 0) is 55.8 Å². The Hall–Kier alpha value is -2.58. The zero-order chi connectivity index (χ0) is 20.1. The van der Waals surface area contributed by atoms with Crippen molar-refractivity contribution in [3.63, 3.8) is 0 Å². The zero-order valence-corrected chi connectivity index (χ0v) is 17.6. The smallest absolute Gasteiger partial charge is 0.313 e. The number of rotatable bonds is 6. The molecular formula is C20H22N4O2S2. The van der Waals surface area contributed by atoms with Gasteiger partial charge in [0.15, 0.2) is 0 Å². The number of hydrogen-bond donors (Lipinski definition) is 2. The first-order chi connectivity index (χ1) is 13.5. The van der Waals surface area contributed by atoms with E-state index < -0.39 is 11.8 Å². The molecule has 146 valence electrons. The van der Waals surface area contributed by atoms with Crippen molar-refractivity contribution in [1.82, 2.24) is 15.1 Å². The summed E-state index contributed by atoms with van der Waals surface area (Å²) < 4.78 is 1.89. The Bertz CT molecular complexity index is 967. The lowest BCUT2D eigenvalue weighted by atomic mass is 10.2. The van der Waals surface area contributed by atoms with Crippen LogP contribution >= 0.6 is 23.1 Å². The maximum Gasteiger partial charge on any atom is 0.313 e. The van der Waals surface area contributed by atoms with Crippen molar-refractivity contribution in [2.75, 3.05) is 18.1 Å². The van der Waals surface area contributed by atoms with Gasteiger partial charge in [-0.1, -0.05) is 12.1 Å². The Morgan fingerprint density at radius 3 is 2.64 bits per heavy atom. The van der Waals surface area contributed by atoms with Gasteiger partial charge in [-0.25, -0.2) is 0 Å². The molecule has 3 rings (SSSR count). The van der Waals surface area contributed by atoms with E-state index in [1.165, 1.54) is 0 Å². The van der Waals surface area contributed by atoms with Gasteiger partial charge in [0.1, 0.15) is 6.04 Å². The van der Waals surface area contributed by atoms with Crippen LogP contribution in [-0.2, 0) is 9.59 Å². The first kappa shape index (κ1) is 20.2. The lowest BCUT2D eigenvalue weighted by Gasteiger charge is -2.18. The number of nitrogens with one attached hydrogen (secondary N) is 2. The van der Waals surface area contributed by atoms with Crippen molar-refractivity contribution in [2.24, 2.45) is 0 Å². The topological polar surface area (TPSA) is 76.0 Å². The van der Waals surface area contributed by atoms with Crippen molar-refractivity contribution in [3.8, 4) is 0 Å². The summed E-state index contributed by atoms with van der Waals surface area (Å²) in [4.78, 5) is 26.7. The molecule has 3 aromatic rings. The lowest BCUT2D eigenvalue weighted by Crippen LogP contribution is -2.39. The van der Waals surface area contributed by atoms with Crippen molar-refractivity contribution < 1.29 is 9.59 Å². The number of hydrogen-bond acceptors (Lipinski definition) is 5. The Kier molecular flexibility index (Phi) is 6.53. The SMILES string of the molecule is CSc1cccc(NC(=O)C(=O)NC[C@@H](c2cccs2)n2nc(C)cc2C)c1. The summed E-state index contributed by atoms with van der Waals surface area (Å²) in [5.41, 5.74) is 2.51. The largest absolute Gasteiger partial charge is 0.345 e. The fraction of sp³-hybridized carbons (Fsp3) is 0.250. The molecule has 2 amide bonds. The van der Waals surface area contributed by atoms with Crippen LogP contribution in [-0.4, -0.2) is 34.4 Å². The molecule has 0 bridgehead atoms. The molecule has 0 aliphatic heterocycles. The third-order valence-corrected chi connectivity index (χ3v) is 5.90. The standard InChI is InChI=1S/C20H22N4O2S2/c1-13-10-14(2)24(23-13)17(18-8-5-9-28-18)12-21-19(25)20(26)22-15-6-4-7-16(11-15)27-3/h4-11,17H,12H2,1-3H3,(H,21,25)(H,22,26)/t17-/m0/s1. The molecule has 28 heavy (non-hydrogen) atoms. The molecule has 1 aromatic carbocycles. The molecule has 0 radical (unpaired) electrons. The van der Waals surface area contributed by atoms with Gasteiger partial charge < -0.3 is 10.6 Å². The average Bonchev–Trinajstić information content (AvgIpc) is 3.32. The quantitative estimate of drug-likeness (QED) is 0.477.